The highest BCUT2D eigenvalue weighted by molar-refractivity contribution is 6.04. The molecule has 0 radical (unpaired) electrons. The van der Waals surface area contributed by atoms with Crippen molar-refractivity contribution in [3.63, 3.8) is 0 Å². The second kappa shape index (κ2) is 9.33. The molecule has 0 heterocycles. The van der Waals surface area contributed by atoms with Crippen molar-refractivity contribution >= 4 is 23.6 Å². The summed E-state index contributed by atoms with van der Waals surface area (Å²) in [7, 11) is 0. The van der Waals surface area contributed by atoms with Crippen molar-refractivity contribution in [3.05, 3.63) is 107 Å². The van der Waals surface area contributed by atoms with Gasteiger partial charge in [-0.25, -0.2) is 4.79 Å². The Kier molecular flexibility index (Phi) is 6.37. The first-order valence-electron chi connectivity index (χ1n) is 8.97. The lowest BCUT2D eigenvalue weighted by atomic mass is 10.1. The van der Waals surface area contributed by atoms with E-state index in [0.717, 1.165) is 16.8 Å². The zero-order valence-corrected chi connectivity index (χ0v) is 15.6. The minimum absolute atomic E-state index is 0.150. The highest BCUT2D eigenvalue weighted by atomic mass is 16.5. The Morgan fingerprint density at radius 3 is 2.25 bits per heavy atom. The molecule has 0 aliphatic carbocycles. The third-order valence-electron chi connectivity index (χ3n) is 4.12. The number of hydrogen-bond acceptors (Lipinski definition) is 3. The molecule has 4 nitrogen and oxygen atoms in total. The van der Waals surface area contributed by atoms with Gasteiger partial charge in [0.1, 0.15) is 6.61 Å². The maximum absolute atomic E-state index is 12.2. The molecule has 0 saturated heterocycles. The lowest BCUT2D eigenvalue weighted by Crippen LogP contribution is -2.11. The largest absolute Gasteiger partial charge is 0.458 e. The molecular weight excluding hydrogens is 350 g/mol. The number of carbonyl (C=O) groups excluding carboxylic acids is 2. The Morgan fingerprint density at radius 1 is 0.893 bits per heavy atom. The van der Waals surface area contributed by atoms with Crippen LogP contribution in [0, 0.1) is 6.92 Å². The number of amides is 1. The van der Waals surface area contributed by atoms with Gasteiger partial charge < -0.3 is 10.1 Å². The molecule has 0 aliphatic rings. The molecule has 0 spiro atoms. The van der Waals surface area contributed by atoms with Gasteiger partial charge in [-0.2, -0.15) is 0 Å². The van der Waals surface area contributed by atoms with E-state index in [4.69, 9.17) is 4.74 Å². The third kappa shape index (κ3) is 5.68. The molecule has 3 aromatic carbocycles. The molecule has 0 unspecified atom stereocenters. The Morgan fingerprint density at radius 2 is 1.57 bits per heavy atom. The van der Waals surface area contributed by atoms with E-state index in [9.17, 15) is 9.59 Å². The smallest absolute Gasteiger partial charge is 0.331 e. The molecule has 0 atom stereocenters. The van der Waals surface area contributed by atoms with Crippen LogP contribution in [0.1, 0.15) is 27.0 Å². The lowest BCUT2D eigenvalue weighted by Gasteiger charge is -2.06. The number of hydrogen-bond donors (Lipinski definition) is 1. The highest BCUT2D eigenvalue weighted by Gasteiger charge is 2.06. The van der Waals surface area contributed by atoms with Crippen molar-refractivity contribution in [1.29, 1.82) is 0 Å². The first-order valence-corrected chi connectivity index (χ1v) is 8.97. The van der Waals surface area contributed by atoms with Crippen molar-refractivity contribution in [2.45, 2.75) is 13.5 Å². The fourth-order valence-corrected chi connectivity index (χ4v) is 2.52. The normalized spacial score (nSPS) is 10.6. The summed E-state index contributed by atoms with van der Waals surface area (Å²) in [6.45, 7) is 2.16. The Hall–Kier alpha value is -3.66. The van der Waals surface area contributed by atoms with Crippen LogP contribution >= 0.6 is 0 Å². The number of aryl methyl sites for hydroxylation is 1. The van der Waals surface area contributed by atoms with E-state index in [0.29, 0.717) is 5.56 Å². The van der Waals surface area contributed by atoms with E-state index in [-0.39, 0.29) is 12.5 Å². The third-order valence-corrected chi connectivity index (χ3v) is 4.12. The van der Waals surface area contributed by atoms with E-state index in [2.05, 4.69) is 5.32 Å². The topological polar surface area (TPSA) is 55.4 Å². The summed E-state index contributed by atoms with van der Waals surface area (Å²) in [4.78, 5) is 24.1. The van der Waals surface area contributed by atoms with Crippen molar-refractivity contribution in [1.82, 2.24) is 0 Å². The monoisotopic (exact) mass is 371 g/mol. The molecule has 0 saturated carbocycles. The van der Waals surface area contributed by atoms with Crippen molar-refractivity contribution < 1.29 is 14.3 Å². The summed E-state index contributed by atoms with van der Waals surface area (Å²) >= 11 is 0. The zero-order valence-electron chi connectivity index (χ0n) is 15.6. The number of esters is 1. The van der Waals surface area contributed by atoms with Gasteiger partial charge in [0.25, 0.3) is 5.91 Å². The minimum Gasteiger partial charge on any atom is -0.458 e. The molecule has 0 aromatic heterocycles. The van der Waals surface area contributed by atoms with E-state index >= 15 is 0 Å². The molecule has 1 N–H and O–H groups in total. The Bertz CT molecular complexity index is 959. The van der Waals surface area contributed by atoms with Gasteiger partial charge in [-0.15, -0.1) is 0 Å². The molecule has 4 heteroatoms. The van der Waals surface area contributed by atoms with Gasteiger partial charge in [-0.05, 0) is 48.4 Å². The fraction of sp³-hybridized carbons (Fsp3) is 0.0833. The summed E-state index contributed by atoms with van der Waals surface area (Å²) in [5.74, 6) is -0.595. The van der Waals surface area contributed by atoms with Crippen LogP contribution in [0.25, 0.3) is 6.08 Å². The molecule has 1 amide bonds. The molecule has 0 fully saturated rings. The predicted octanol–water partition coefficient (Wildman–Crippen LogP) is 5.00. The standard InChI is InChI=1S/C24H21NO3/c1-18-7-9-19(10-8-18)13-16-23(26)28-17-20-11-14-21(15-12-20)24(27)25-22-5-3-2-4-6-22/h2-16H,17H2,1H3,(H,25,27)/b16-13+. The SMILES string of the molecule is Cc1ccc(/C=C/C(=O)OCc2ccc(C(=O)Nc3ccccc3)cc2)cc1. The highest BCUT2D eigenvalue weighted by Crippen LogP contribution is 2.11. The average molecular weight is 371 g/mol. The van der Waals surface area contributed by atoms with Crippen LogP contribution in [-0.2, 0) is 16.1 Å². The molecule has 140 valence electrons. The molecule has 0 bridgehead atoms. The molecule has 0 aliphatic heterocycles. The minimum atomic E-state index is -0.411. The van der Waals surface area contributed by atoms with Gasteiger partial charge in [0.2, 0.25) is 0 Å². The Balaban J connectivity index is 1.50. The zero-order chi connectivity index (χ0) is 19.8. The molecular formula is C24H21NO3. The van der Waals surface area contributed by atoms with Gasteiger partial charge >= 0.3 is 5.97 Å². The van der Waals surface area contributed by atoms with E-state index < -0.39 is 5.97 Å². The number of nitrogens with one attached hydrogen (secondary N) is 1. The van der Waals surface area contributed by atoms with Crippen LogP contribution in [0.2, 0.25) is 0 Å². The van der Waals surface area contributed by atoms with Gasteiger partial charge in [0, 0.05) is 17.3 Å². The van der Waals surface area contributed by atoms with E-state index in [1.165, 1.54) is 11.6 Å². The lowest BCUT2D eigenvalue weighted by molar-refractivity contribution is -0.138. The molecule has 3 rings (SSSR count). The second-order valence-corrected chi connectivity index (χ2v) is 6.37. The van der Waals surface area contributed by atoms with Crippen LogP contribution in [0.3, 0.4) is 0 Å². The second-order valence-electron chi connectivity index (χ2n) is 6.37. The van der Waals surface area contributed by atoms with E-state index in [1.807, 2.05) is 61.5 Å². The maximum atomic E-state index is 12.2. The van der Waals surface area contributed by atoms with Crippen LogP contribution in [0.5, 0.6) is 0 Å². The summed E-state index contributed by atoms with van der Waals surface area (Å²) in [6, 6.07) is 24.1. The Labute approximate surface area is 164 Å². The van der Waals surface area contributed by atoms with Gasteiger partial charge in [-0.3, -0.25) is 4.79 Å². The summed E-state index contributed by atoms with van der Waals surface area (Å²) in [5, 5.41) is 2.83. The van der Waals surface area contributed by atoms with Crippen LogP contribution in [0.15, 0.2) is 84.9 Å². The average Bonchev–Trinajstić information content (AvgIpc) is 2.73. The van der Waals surface area contributed by atoms with Crippen LogP contribution < -0.4 is 5.32 Å². The summed E-state index contributed by atoms with van der Waals surface area (Å²) < 4.78 is 5.24. The van der Waals surface area contributed by atoms with Gasteiger partial charge in [-0.1, -0.05) is 60.2 Å². The van der Waals surface area contributed by atoms with Crippen molar-refractivity contribution in [2.24, 2.45) is 0 Å². The summed E-state index contributed by atoms with van der Waals surface area (Å²) in [6.07, 6.45) is 3.13. The first-order chi connectivity index (χ1) is 13.6. The quantitative estimate of drug-likeness (QED) is 0.490. The van der Waals surface area contributed by atoms with Crippen molar-refractivity contribution in [3.8, 4) is 0 Å². The van der Waals surface area contributed by atoms with Crippen molar-refractivity contribution in [2.75, 3.05) is 5.32 Å². The number of carbonyl (C=O) groups is 2. The fourth-order valence-electron chi connectivity index (χ4n) is 2.52. The molecule has 28 heavy (non-hydrogen) atoms. The number of benzene rings is 3. The maximum Gasteiger partial charge on any atom is 0.331 e. The van der Waals surface area contributed by atoms with Crippen LogP contribution in [0.4, 0.5) is 5.69 Å². The summed E-state index contributed by atoms with van der Waals surface area (Å²) in [5.41, 5.74) is 4.20. The van der Waals surface area contributed by atoms with Gasteiger partial charge in [0.15, 0.2) is 0 Å². The number of ether oxygens (including phenoxy) is 1. The first kappa shape index (κ1) is 19.1. The van der Waals surface area contributed by atoms with Gasteiger partial charge in [0.05, 0.1) is 0 Å². The van der Waals surface area contributed by atoms with E-state index in [1.54, 1.807) is 30.3 Å². The number of para-hydroxylation sites is 1. The predicted molar refractivity (Wildman–Crippen MR) is 111 cm³/mol. The van der Waals surface area contributed by atoms with Crippen LogP contribution in [-0.4, -0.2) is 11.9 Å². The number of anilines is 1. The molecule has 3 aromatic rings. The number of rotatable bonds is 6.